The van der Waals surface area contributed by atoms with Gasteiger partial charge in [0.2, 0.25) is 0 Å². The van der Waals surface area contributed by atoms with Crippen molar-refractivity contribution in [3.63, 3.8) is 0 Å². The van der Waals surface area contributed by atoms with Crippen LogP contribution < -0.4 is 5.73 Å². The topological polar surface area (TPSA) is 89.6 Å². The maximum absolute atomic E-state index is 11.9. The second kappa shape index (κ2) is 7.04. The van der Waals surface area contributed by atoms with Crippen LogP contribution in [0.2, 0.25) is 0 Å². The van der Waals surface area contributed by atoms with Gasteiger partial charge in [-0.3, -0.25) is 0 Å². The molecule has 5 heteroatoms. The van der Waals surface area contributed by atoms with Crippen molar-refractivity contribution in [2.75, 3.05) is 0 Å². The molecule has 0 saturated heterocycles. The van der Waals surface area contributed by atoms with Gasteiger partial charge in [0.15, 0.2) is 0 Å². The van der Waals surface area contributed by atoms with Crippen molar-refractivity contribution in [2.24, 2.45) is 5.73 Å². The summed E-state index contributed by atoms with van der Waals surface area (Å²) in [5, 5.41) is 8.51. The molecule has 0 heterocycles. The second-order valence-electron chi connectivity index (χ2n) is 5.70. The van der Waals surface area contributed by atoms with E-state index in [1.54, 1.807) is 39.0 Å². The van der Waals surface area contributed by atoms with Gasteiger partial charge in [-0.25, -0.2) is 9.59 Å². The van der Waals surface area contributed by atoms with Crippen molar-refractivity contribution in [2.45, 2.75) is 38.8 Å². The zero-order valence-electron chi connectivity index (χ0n) is 12.5. The highest BCUT2D eigenvalue weighted by Gasteiger charge is 2.23. The number of rotatable bonds is 5. The Morgan fingerprint density at radius 2 is 1.86 bits per heavy atom. The molecule has 0 aliphatic carbocycles. The Kier molecular flexibility index (Phi) is 5.67. The SMILES string of the molecule is CC(C)(C)OC(=O)C(N)c1ccc(CC=CC(=O)O)cc1. The van der Waals surface area contributed by atoms with Crippen LogP contribution in [-0.2, 0) is 20.7 Å². The predicted molar refractivity (Wildman–Crippen MR) is 79.7 cm³/mol. The van der Waals surface area contributed by atoms with E-state index in [1.165, 1.54) is 0 Å². The molecule has 3 N–H and O–H groups in total. The summed E-state index contributed by atoms with van der Waals surface area (Å²) in [7, 11) is 0. The molecule has 114 valence electrons. The molecule has 0 radical (unpaired) electrons. The summed E-state index contributed by atoms with van der Waals surface area (Å²) < 4.78 is 5.24. The number of benzene rings is 1. The van der Waals surface area contributed by atoms with E-state index in [2.05, 4.69) is 0 Å². The van der Waals surface area contributed by atoms with Gasteiger partial charge in [-0.05, 0) is 38.3 Å². The Balaban J connectivity index is 2.69. The van der Waals surface area contributed by atoms with Crippen LogP contribution in [0.25, 0.3) is 0 Å². The maximum atomic E-state index is 11.9. The van der Waals surface area contributed by atoms with Crippen LogP contribution in [0.4, 0.5) is 0 Å². The number of nitrogens with two attached hydrogens (primary N) is 1. The van der Waals surface area contributed by atoms with E-state index in [4.69, 9.17) is 15.6 Å². The average Bonchev–Trinajstić information content (AvgIpc) is 2.36. The average molecular weight is 291 g/mol. The number of carboxylic acid groups (broad SMARTS) is 1. The first-order valence-electron chi connectivity index (χ1n) is 6.66. The van der Waals surface area contributed by atoms with Gasteiger partial charge >= 0.3 is 11.9 Å². The zero-order chi connectivity index (χ0) is 16.0. The molecular formula is C16H21NO4. The fourth-order valence-electron chi connectivity index (χ4n) is 1.66. The van der Waals surface area contributed by atoms with Gasteiger partial charge in [0.25, 0.3) is 0 Å². The van der Waals surface area contributed by atoms with Crippen LogP contribution in [0.5, 0.6) is 0 Å². The summed E-state index contributed by atoms with van der Waals surface area (Å²) in [4.78, 5) is 22.2. The van der Waals surface area contributed by atoms with Crippen molar-refractivity contribution in [1.82, 2.24) is 0 Å². The molecule has 1 aromatic rings. The van der Waals surface area contributed by atoms with Crippen LogP contribution in [0, 0.1) is 0 Å². The Morgan fingerprint density at radius 1 is 1.29 bits per heavy atom. The molecule has 21 heavy (non-hydrogen) atoms. The minimum Gasteiger partial charge on any atom is -0.478 e. The highest BCUT2D eigenvalue weighted by molar-refractivity contribution is 5.79. The molecule has 0 aromatic heterocycles. The number of hydrogen-bond donors (Lipinski definition) is 2. The predicted octanol–water partition coefficient (Wildman–Crippen LogP) is 2.21. The summed E-state index contributed by atoms with van der Waals surface area (Å²) >= 11 is 0. The first-order chi connectivity index (χ1) is 9.69. The van der Waals surface area contributed by atoms with Crippen molar-refractivity contribution in [3.8, 4) is 0 Å². The lowest BCUT2D eigenvalue weighted by molar-refractivity contribution is -0.156. The number of carbonyl (C=O) groups excluding carboxylic acids is 1. The fourth-order valence-corrected chi connectivity index (χ4v) is 1.66. The summed E-state index contributed by atoms with van der Waals surface area (Å²) in [5.74, 6) is -1.44. The van der Waals surface area contributed by atoms with Gasteiger partial charge in [-0.15, -0.1) is 0 Å². The fraction of sp³-hybridized carbons (Fsp3) is 0.375. The van der Waals surface area contributed by atoms with Crippen LogP contribution >= 0.6 is 0 Å². The molecular weight excluding hydrogens is 270 g/mol. The number of esters is 1. The van der Waals surface area contributed by atoms with Gasteiger partial charge in [0.1, 0.15) is 11.6 Å². The summed E-state index contributed by atoms with van der Waals surface area (Å²) in [6.45, 7) is 5.36. The van der Waals surface area contributed by atoms with Gasteiger partial charge in [-0.2, -0.15) is 0 Å². The lowest BCUT2D eigenvalue weighted by atomic mass is 10.0. The van der Waals surface area contributed by atoms with E-state index in [-0.39, 0.29) is 0 Å². The lowest BCUT2D eigenvalue weighted by Gasteiger charge is -2.22. The molecule has 5 nitrogen and oxygen atoms in total. The Labute approximate surface area is 124 Å². The third kappa shape index (κ3) is 6.23. The number of ether oxygens (including phenoxy) is 1. The van der Waals surface area contributed by atoms with E-state index in [1.807, 2.05) is 12.1 Å². The molecule has 1 atom stereocenters. The van der Waals surface area contributed by atoms with Crippen LogP contribution in [0.1, 0.15) is 37.9 Å². The minimum atomic E-state index is -0.974. The number of carboxylic acids is 1. The smallest absolute Gasteiger partial charge is 0.328 e. The van der Waals surface area contributed by atoms with E-state index < -0.39 is 23.6 Å². The normalized spacial score (nSPS) is 13.1. The van der Waals surface area contributed by atoms with Crippen molar-refractivity contribution in [1.29, 1.82) is 0 Å². The molecule has 0 aliphatic rings. The molecule has 0 aliphatic heterocycles. The molecule has 0 amide bonds. The molecule has 0 bridgehead atoms. The number of aliphatic carboxylic acids is 1. The van der Waals surface area contributed by atoms with Crippen molar-refractivity contribution >= 4 is 11.9 Å². The molecule has 0 spiro atoms. The first-order valence-corrected chi connectivity index (χ1v) is 6.66. The number of hydrogen-bond acceptors (Lipinski definition) is 4. The van der Waals surface area contributed by atoms with Gasteiger partial charge < -0.3 is 15.6 Å². The van der Waals surface area contributed by atoms with E-state index in [0.29, 0.717) is 12.0 Å². The highest BCUT2D eigenvalue weighted by atomic mass is 16.6. The molecule has 1 unspecified atom stereocenters. The van der Waals surface area contributed by atoms with Crippen LogP contribution in [-0.4, -0.2) is 22.6 Å². The lowest BCUT2D eigenvalue weighted by Crippen LogP contribution is -2.31. The summed E-state index contributed by atoms with van der Waals surface area (Å²) in [6.07, 6.45) is 3.17. The van der Waals surface area contributed by atoms with Gasteiger partial charge in [0.05, 0.1) is 0 Å². The molecule has 1 aromatic carbocycles. The van der Waals surface area contributed by atoms with Crippen LogP contribution in [0.15, 0.2) is 36.4 Å². The first kappa shape index (κ1) is 16.9. The van der Waals surface area contributed by atoms with Crippen molar-refractivity contribution in [3.05, 3.63) is 47.5 Å². The maximum Gasteiger partial charge on any atom is 0.328 e. The molecule has 0 saturated carbocycles. The van der Waals surface area contributed by atoms with E-state index >= 15 is 0 Å². The standard InChI is InChI=1S/C16H21NO4/c1-16(2,3)21-15(20)14(17)12-9-7-11(8-10-12)5-4-6-13(18)19/h4,6-10,14H,5,17H2,1-3H3,(H,18,19). The van der Waals surface area contributed by atoms with Gasteiger partial charge in [-0.1, -0.05) is 30.3 Å². The van der Waals surface area contributed by atoms with Gasteiger partial charge in [0, 0.05) is 6.08 Å². The third-order valence-electron chi connectivity index (χ3n) is 2.61. The quantitative estimate of drug-likeness (QED) is 0.641. The monoisotopic (exact) mass is 291 g/mol. The largest absolute Gasteiger partial charge is 0.478 e. The number of allylic oxidation sites excluding steroid dienone is 1. The van der Waals surface area contributed by atoms with Crippen molar-refractivity contribution < 1.29 is 19.4 Å². The van der Waals surface area contributed by atoms with E-state index in [9.17, 15) is 9.59 Å². The Hall–Kier alpha value is -2.14. The second-order valence-corrected chi connectivity index (χ2v) is 5.70. The van der Waals surface area contributed by atoms with E-state index in [0.717, 1.165) is 11.6 Å². The third-order valence-corrected chi connectivity index (χ3v) is 2.61. The van der Waals surface area contributed by atoms with Crippen LogP contribution in [0.3, 0.4) is 0 Å². The Bertz CT molecular complexity index is 526. The molecule has 0 fully saturated rings. The summed E-state index contributed by atoms with van der Waals surface area (Å²) in [5.41, 5.74) is 6.90. The molecule has 1 rings (SSSR count). The number of carbonyl (C=O) groups is 2. The zero-order valence-corrected chi connectivity index (χ0v) is 12.5. The minimum absolute atomic E-state index is 0.471. The Morgan fingerprint density at radius 3 is 2.33 bits per heavy atom. The summed E-state index contributed by atoms with van der Waals surface area (Å²) in [6, 6.07) is 6.29. The highest BCUT2D eigenvalue weighted by Crippen LogP contribution is 2.17.